The van der Waals surface area contributed by atoms with Crippen LogP contribution in [0.2, 0.25) is 0 Å². The highest BCUT2D eigenvalue weighted by Gasteiger charge is 2.23. The highest BCUT2D eigenvalue weighted by atomic mass is 32.2. The number of sulfone groups is 1. The van der Waals surface area contributed by atoms with E-state index < -0.39 is 103 Å². The highest BCUT2D eigenvalue weighted by Crippen LogP contribution is 2.32. The van der Waals surface area contributed by atoms with Crippen LogP contribution in [0.3, 0.4) is 0 Å². The van der Waals surface area contributed by atoms with E-state index in [9.17, 15) is 57.1 Å². The second-order valence-electron chi connectivity index (χ2n) is 10.4. The van der Waals surface area contributed by atoms with Gasteiger partial charge in [-0.15, -0.1) is 5.11 Å². The average Bonchev–Trinajstić information content (AvgIpc) is 3.00. The monoisotopic (exact) mass is 792 g/mol. The van der Waals surface area contributed by atoms with Crippen LogP contribution in [-0.4, -0.2) is 83.5 Å². The number of nitrogens with zero attached hydrogens (tertiary/aromatic N) is 6. The van der Waals surface area contributed by atoms with E-state index in [4.69, 9.17) is 4.55 Å². The molecule has 0 atom stereocenters. The SMILES string of the molecule is Cc1c(CS(=O)(=O)O)c(O)n(C)c(=O)c1N=Nc1ccc(S(=O)(=O)O)c(Nc2nc(F)nc(Nc3ccc(S(=O)(=O)CCS(=O)(=O)O)cc3)n2)c1. The quantitative estimate of drug-likeness (QED) is 0.0832. The number of halogens is 1. The molecule has 26 heteroatoms. The zero-order chi connectivity index (χ0) is 38.1. The molecule has 4 aromatic rings. The first-order chi connectivity index (χ1) is 23.4. The third-order valence-electron chi connectivity index (χ3n) is 6.67. The van der Waals surface area contributed by atoms with Gasteiger partial charge in [0.05, 0.1) is 27.8 Å². The molecule has 2 aromatic heterocycles. The van der Waals surface area contributed by atoms with E-state index in [0.717, 1.165) is 37.4 Å². The zero-order valence-corrected chi connectivity index (χ0v) is 29.1. The van der Waals surface area contributed by atoms with Crippen LogP contribution < -0.4 is 16.2 Å². The predicted octanol–water partition coefficient (Wildman–Crippen LogP) is 1.92. The molecule has 274 valence electrons. The Hall–Kier alpha value is -4.99. The first kappa shape index (κ1) is 38.8. The van der Waals surface area contributed by atoms with Crippen molar-refractivity contribution in [2.45, 2.75) is 22.5 Å². The molecule has 4 rings (SSSR count). The van der Waals surface area contributed by atoms with Crippen LogP contribution in [-0.2, 0) is 53.0 Å². The van der Waals surface area contributed by atoms with E-state index in [1.54, 1.807) is 0 Å². The Morgan fingerprint density at radius 3 is 2.00 bits per heavy atom. The Balaban J connectivity index is 1.65. The number of anilines is 4. The molecule has 2 aromatic carbocycles. The fraction of sp³-hybridized carbons (Fsp3) is 0.200. The number of aromatic hydroxyl groups is 1. The van der Waals surface area contributed by atoms with E-state index in [0.29, 0.717) is 4.57 Å². The van der Waals surface area contributed by atoms with Crippen LogP contribution in [0.5, 0.6) is 5.88 Å². The lowest BCUT2D eigenvalue weighted by Crippen LogP contribution is -2.20. The summed E-state index contributed by atoms with van der Waals surface area (Å²) in [6, 6.07) is 7.46. The molecule has 0 saturated heterocycles. The maximum atomic E-state index is 14.4. The van der Waals surface area contributed by atoms with E-state index in [2.05, 4.69) is 35.8 Å². The maximum Gasteiger partial charge on any atom is 0.315 e. The summed E-state index contributed by atoms with van der Waals surface area (Å²) in [5, 5.41) is 22.9. The topological polar surface area (TPSA) is 327 Å². The van der Waals surface area contributed by atoms with Gasteiger partial charge in [0.15, 0.2) is 21.4 Å². The normalized spacial score (nSPS) is 12.7. The van der Waals surface area contributed by atoms with Gasteiger partial charge >= 0.3 is 6.08 Å². The molecule has 0 aliphatic carbocycles. The van der Waals surface area contributed by atoms with Crippen molar-refractivity contribution < 1.29 is 56.8 Å². The smallest absolute Gasteiger partial charge is 0.315 e. The van der Waals surface area contributed by atoms with Crippen molar-refractivity contribution in [3.8, 4) is 5.88 Å². The van der Waals surface area contributed by atoms with Gasteiger partial charge in [-0.1, -0.05) is 0 Å². The summed E-state index contributed by atoms with van der Waals surface area (Å²) in [5.41, 5.74) is -2.44. The van der Waals surface area contributed by atoms with Crippen molar-refractivity contribution in [2.75, 3.05) is 22.1 Å². The Morgan fingerprint density at radius 2 is 1.43 bits per heavy atom. The van der Waals surface area contributed by atoms with Crippen molar-refractivity contribution in [3.05, 3.63) is 70.0 Å². The number of pyridine rings is 1. The van der Waals surface area contributed by atoms with Gasteiger partial charge < -0.3 is 15.7 Å². The standard InChI is InChI=1S/C25H25FN8O13S4/c1-13-17(12-50(42,43)44)21(35)34(2)22(36)20(13)33-32-15-5-8-19(51(45,46)47)18(11-15)28-25-30-23(26)29-24(31-25)27-14-3-6-16(7-4-14)48(37,38)9-10-49(39,40)41/h3-8,11,35H,9-10,12H2,1-2H3,(H,39,40,41)(H,42,43,44)(H,45,46,47)(H2,27,28,29,30,31). The Kier molecular flexibility index (Phi) is 10.9. The molecule has 0 bridgehead atoms. The molecule has 0 aliphatic rings. The van der Waals surface area contributed by atoms with Crippen molar-refractivity contribution in [2.24, 2.45) is 17.3 Å². The molecule has 0 radical (unpaired) electrons. The molecule has 0 amide bonds. The summed E-state index contributed by atoms with van der Waals surface area (Å²) in [4.78, 5) is 22.5. The Bertz CT molecular complexity index is 2560. The molecule has 0 spiro atoms. The molecule has 0 unspecified atom stereocenters. The van der Waals surface area contributed by atoms with Crippen LogP contribution in [0.1, 0.15) is 11.1 Å². The van der Waals surface area contributed by atoms with E-state index in [1.807, 2.05) is 0 Å². The molecule has 0 fully saturated rings. The number of azo groups is 1. The van der Waals surface area contributed by atoms with Crippen LogP contribution in [0.4, 0.5) is 39.0 Å². The minimum atomic E-state index is -4.96. The van der Waals surface area contributed by atoms with Crippen LogP contribution in [0.25, 0.3) is 0 Å². The van der Waals surface area contributed by atoms with Crippen molar-refractivity contribution in [1.82, 2.24) is 19.5 Å². The van der Waals surface area contributed by atoms with E-state index in [-0.39, 0.29) is 27.4 Å². The fourth-order valence-corrected chi connectivity index (χ4v) is 8.05. The molecule has 0 aliphatic heterocycles. The predicted molar refractivity (Wildman–Crippen MR) is 175 cm³/mol. The van der Waals surface area contributed by atoms with Gasteiger partial charge in [-0.3, -0.25) is 23.0 Å². The average molecular weight is 793 g/mol. The van der Waals surface area contributed by atoms with Gasteiger partial charge in [0.25, 0.3) is 35.9 Å². The molecule has 0 saturated carbocycles. The second-order valence-corrected chi connectivity index (χ2v) is 16.9. The number of benzene rings is 2. The lowest BCUT2D eigenvalue weighted by molar-refractivity contribution is 0.415. The Morgan fingerprint density at radius 1 is 0.824 bits per heavy atom. The number of nitrogens with one attached hydrogen (secondary N) is 2. The summed E-state index contributed by atoms with van der Waals surface area (Å²) in [7, 11) is -17.2. The van der Waals surface area contributed by atoms with Crippen molar-refractivity contribution >= 4 is 74.8 Å². The van der Waals surface area contributed by atoms with Crippen LogP contribution >= 0.6 is 0 Å². The summed E-state index contributed by atoms with van der Waals surface area (Å²) < 4.78 is 137. The number of hydrogen-bond donors (Lipinski definition) is 6. The Labute approximate surface area is 288 Å². The molecular formula is C25H25FN8O13S4. The first-order valence-corrected chi connectivity index (χ1v) is 19.9. The summed E-state index contributed by atoms with van der Waals surface area (Å²) >= 11 is 0. The zero-order valence-electron chi connectivity index (χ0n) is 25.8. The minimum Gasteiger partial charge on any atom is -0.494 e. The van der Waals surface area contributed by atoms with Gasteiger partial charge in [-0.05, 0) is 55.0 Å². The molecule has 51 heavy (non-hydrogen) atoms. The van der Waals surface area contributed by atoms with Crippen LogP contribution in [0.15, 0.2) is 67.3 Å². The van der Waals surface area contributed by atoms with Gasteiger partial charge in [-0.2, -0.15) is 49.7 Å². The number of hydrogen-bond acceptors (Lipinski definition) is 17. The van der Waals surface area contributed by atoms with Gasteiger partial charge in [0.2, 0.25) is 11.9 Å². The maximum absolute atomic E-state index is 14.4. The second kappa shape index (κ2) is 14.3. The van der Waals surface area contributed by atoms with Gasteiger partial charge in [0.1, 0.15) is 10.6 Å². The molecule has 21 nitrogen and oxygen atoms in total. The third-order valence-corrected chi connectivity index (χ3v) is 10.9. The highest BCUT2D eigenvalue weighted by molar-refractivity contribution is 7.93. The lowest BCUT2D eigenvalue weighted by Gasteiger charge is -2.13. The molecule has 6 N–H and O–H groups in total. The molecular weight excluding hydrogens is 768 g/mol. The third kappa shape index (κ3) is 10.1. The fourth-order valence-electron chi connectivity index (χ4n) is 4.20. The summed E-state index contributed by atoms with van der Waals surface area (Å²) in [6.07, 6.45) is -1.39. The summed E-state index contributed by atoms with van der Waals surface area (Å²) in [6.45, 7) is 1.23. The number of aromatic nitrogens is 4. The largest absolute Gasteiger partial charge is 0.494 e. The van der Waals surface area contributed by atoms with Crippen molar-refractivity contribution in [1.29, 1.82) is 0 Å². The van der Waals surface area contributed by atoms with E-state index in [1.165, 1.54) is 19.1 Å². The minimum absolute atomic E-state index is 0.108. The van der Waals surface area contributed by atoms with Gasteiger partial charge in [-0.25, -0.2) is 8.42 Å². The summed E-state index contributed by atoms with van der Waals surface area (Å²) in [5.74, 6) is -4.84. The van der Waals surface area contributed by atoms with Crippen molar-refractivity contribution in [3.63, 3.8) is 0 Å². The first-order valence-electron chi connectivity index (χ1n) is 13.6. The van der Waals surface area contributed by atoms with Gasteiger partial charge in [0, 0.05) is 18.3 Å². The van der Waals surface area contributed by atoms with E-state index >= 15 is 0 Å². The lowest BCUT2D eigenvalue weighted by atomic mass is 10.1. The number of rotatable bonds is 13. The van der Waals surface area contributed by atoms with Crippen LogP contribution in [0, 0.1) is 13.0 Å². The molecule has 2 heterocycles.